The van der Waals surface area contributed by atoms with Gasteiger partial charge in [0.05, 0.1) is 12.9 Å². The summed E-state index contributed by atoms with van der Waals surface area (Å²) in [6.07, 6.45) is 2.87. The molecule has 1 saturated heterocycles. The first kappa shape index (κ1) is 12.4. The summed E-state index contributed by atoms with van der Waals surface area (Å²) in [6.45, 7) is 3.08. The number of hydrogen-bond donors (Lipinski definition) is 0. The van der Waals surface area contributed by atoms with Gasteiger partial charge in [-0.2, -0.15) is 8.42 Å². The van der Waals surface area contributed by atoms with Crippen molar-refractivity contribution in [3.05, 3.63) is 0 Å². The summed E-state index contributed by atoms with van der Waals surface area (Å²) in [7, 11) is -3.36. The maximum atomic E-state index is 11.1. The van der Waals surface area contributed by atoms with Crippen LogP contribution in [0.5, 0.6) is 0 Å². The molecule has 1 fully saturated rings. The molecule has 0 aromatic heterocycles. The predicted octanol–water partition coefficient (Wildman–Crippen LogP) is 0.221. The Kier molecular flexibility index (Phi) is 4.10. The zero-order valence-electron chi connectivity index (χ0n) is 9.10. The van der Waals surface area contributed by atoms with Gasteiger partial charge in [0, 0.05) is 25.9 Å². The monoisotopic (exact) mass is 235 g/mol. The fourth-order valence-corrected chi connectivity index (χ4v) is 2.15. The van der Waals surface area contributed by atoms with Gasteiger partial charge in [-0.15, -0.1) is 0 Å². The van der Waals surface area contributed by atoms with Gasteiger partial charge in [-0.3, -0.25) is 8.98 Å². The van der Waals surface area contributed by atoms with Crippen LogP contribution in [0.4, 0.5) is 0 Å². The molecular formula is C9H17NO4S. The van der Waals surface area contributed by atoms with E-state index >= 15 is 0 Å². The molecule has 0 N–H and O–H groups in total. The smallest absolute Gasteiger partial charge is 0.264 e. The van der Waals surface area contributed by atoms with E-state index in [4.69, 9.17) is 4.18 Å². The van der Waals surface area contributed by atoms with E-state index < -0.39 is 10.1 Å². The van der Waals surface area contributed by atoms with E-state index in [1.165, 1.54) is 6.92 Å². The molecular weight excluding hydrogens is 218 g/mol. The molecule has 15 heavy (non-hydrogen) atoms. The number of hydrogen-bond acceptors (Lipinski definition) is 4. The number of nitrogens with zero attached hydrogens (tertiary/aromatic N) is 1. The van der Waals surface area contributed by atoms with E-state index in [2.05, 4.69) is 0 Å². The maximum Gasteiger partial charge on any atom is 0.264 e. The second-order valence-electron chi connectivity index (χ2n) is 3.96. The highest BCUT2D eigenvalue weighted by molar-refractivity contribution is 7.85. The quantitative estimate of drug-likeness (QED) is 0.656. The van der Waals surface area contributed by atoms with E-state index in [-0.39, 0.29) is 18.4 Å². The minimum Gasteiger partial charge on any atom is -0.343 e. The van der Waals surface area contributed by atoms with Gasteiger partial charge in [0.1, 0.15) is 0 Å². The third-order valence-electron chi connectivity index (χ3n) is 2.48. The number of amides is 1. The lowest BCUT2D eigenvalue weighted by Gasteiger charge is -2.31. The average Bonchev–Trinajstić information content (AvgIpc) is 2.14. The highest BCUT2D eigenvalue weighted by Crippen LogP contribution is 2.17. The summed E-state index contributed by atoms with van der Waals surface area (Å²) in [5.74, 6) is 0.177. The zero-order valence-corrected chi connectivity index (χ0v) is 9.92. The molecule has 0 aromatic rings. The molecule has 0 spiro atoms. The molecule has 1 aliphatic heterocycles. The Morgan fingerprint density at radius 1 is 1.53 bits per heavy atom. The van der Waals surface area contributed by atoms with Crippen LogP contribution in [-0.2, 0) is 19.1 Å². The van der Waals surface area contributed by atoms with Crippen molar-refractivity contribution >= 4 is 16.0 Å². The average molecular weight is 235 g/mol. The van der Waals surface area contributed by atoms with Gasteiger partial charge < -0.3 is 4.90 Å². The molecule has 5 nitrogen and oxygen atoms in total. The van der Waals surface area contributed by atoms with E-state index in [9.17, 15) is 13.2 Å². The van der Waals surface area contributed by atoms with Crippen molar-refractivity contribution < 1.29 is 17.4 Å². The van der Waals surface area contributed by atoms with E-state index in [1.54, 1.807) is 4.90 Å². The Hall–Kier alpha value is -0.620. The molecule has 1 heterocycles. The number of rotatable bonds is 3. The zero-order chi connectivity index (χ0) is 11.5. The third-order valence-corrected chi connectivity index (χ3v) is 3.05. The van der Waals surface area contributed by atoms with E-state index in [0.717, 1.165) is 25.6 Å². The first-order chi connectivity index (χ1) is 6.88. The highest BCUT2D eigenvalue weighted by atomic mass is 32.2. The lowest BCUT2D eigenvalue weighted by atomic mass is 9.99. The minimum absolute atomic E-state index is 0.0408. The van der Waals surface area contributed by atoms with Gasteiger partial charge in [-0.05, 0) is 12.8 Å². The lowest BCUT2D eigenvalue weighted by molar-refractivity contribution is -0.130. The fraction of sp³-hybridized carbons (Fsp3) is 0.889. The van der Waals surface area contributed by atoms with Crippen LogP contribution in [-0.4, -0.2) is 45.2 Å². The van der Waals surface area contributed by atoms with Crippen molar-refractivity contribution in [2.24, 2.45) is 5.92 Å². The molecule has 0 unspecified atom stereocenters. The van der Waals surface area contributed by atoms with Crippen LogP contribution in [0.3, 0.4) is 0 Å². The van der Waals surface area contributed by atoms with Crippen LogP contribution in [0.2, 0.25) is 0 Å². The Morgan fingerprint density at radius 2 is 2.20 bits per heavy atom. The largest absolute Gasteiger partial charge is 0.343 e. The molecule has 0 bridgehead atoms. The molecule has 1 atom stereocenters. The van der Waals surface area contributed by atoms with Crippen molar-refractivity contribution in [2.45, 2.75) is 19.8 Å². The molecule has 0 radical (unpaired) electrons. The standard InChI is InChI=1S/C9H17NO4S/c1-8(11)10-5-3-4-9(6-10)7-14-15(2,12)13/h9H,3-7H2,1-2H3/t9-/m0/s1. The van der Waals surface area contributed by atoms with Crippen LogP contribution in [0.25, 0.3) is 0 Å². The van der Waals surface area contributed by atoms with Crippen molar-refractivity contribution in [1.82, 2.24) is 4.90 Å². The first-order valence-corrected chi connectivity index (χ1v) is 6.80. The Labute approximate surface area is 90.5 Å². The van der Waals surface area contributed by atoms with Crippen molar-refractivity contribution in [3.8, 4) is 0 Å². The summed E-state index contributed by atoms with van der Waals surface area (Å²) >= 11 is 0. The van der Waals surface area contributed by atoms with Gasteiger partial charge in [0.25, 0.3) is 10.1 Å². The summed E-state index contributed by atoms with van der Waals surface area (Å²) in [6, 6.07) is 0. The summed E-state index contributed by atoms with van der Waals surface area (Å²) in [5.41, 5.74) is 0. The first-order valence-electron chi connectivity index (χ1n) is 4.98. The van der Waals surface area contributed by atoms with Gasteiger partial charge >= 0.3 is 0 Å². The lowest BCUT2D eigenvalue weighted by Crippen LogP contribution is -2.40. The summed E-state index contributed by atoms with van der Waals surface area (Å²) < 4.78 is 26.3. The fourth-order valence-electron chi connectivity index (χ4n) is 1.71. The van der Waals surface area contributed by atoms with E-state index in [0.29, 0.717) is 6.54 Å². The Morgan fingerprint density at radius 3 is 2.73 bits per heavy atom. The molecule has 0 aromatic carbocycles. The maximum absolute atomic E-state index is 11.1. The van der Waals surface area contributed by atoms with Gasteiger partial charge in [0.15, 0.2) is 0 Å². The van der Waals surface area contributed by atoms with E-state index in [1.807, 2.05) is 0 Å². The van der Waals surface area contributed by atoms with Crippen molar-refractivity contribution in [1.29, 1.82) is 0 Å². The predicted molar refractivity (Wildman–Crippen MR) is 55.8 cm³/mol. The summed E-state index contributed by atoms with van der Waals surface area (Å²) in [4.78, 5) is 12.8. The van der Waals surface area contributed by atoms with Gasteiger partial charge in [0.2, 0.25) is 5.91 Å². The number of carbonyl (C=O) groups excluding carboxylic acids is 1. The van der Waals surface area contributed by atoms with Gasteiger partial charge in [-0.1, -0.05) is 0 Å². The number of likely N-dealkylation sites (tertiary alicyclic amines) is 1. The topological polar surface area (TPSA) is 63.7 Å². The van der Waals surface area contributed by atoms with Crippen molar-refractivity contribution in [2.75, 3.05) is 26.0 Å². The SMILES string of the molecule is CC(=O)N1CCC[C@H](COS(C)(=O)=O)C1. The highest BCUT2D eigenvalue weighted by Gasteiger charge is 2.22. The Bertz CT molecular complexity index is 325. The molecule has 88 valence electrons. The minimum atomic E-state index is -3.36. The van der Waals surface area contributed by atoms with Gasteiger partial charge in [-0.25, -0.2) is 0 Å². The molecule has 1 rings (SSSR count). The van der Waals surface area contributed by atoms with Crippen LogP contribution in [0.1, 0.15) is 19.8 Å². The van der Waals surface area contributed by atoms with Crippen LogP contribution >= 0.6 is 0 Å². The number of piperidine rings is 1. The Balaban J connectivity index is 2.40. The summed E-state index contributed by atoms with van der Waals surface area (Å²) in [5, 5.41) is 0. The molecule has 0 saturated carbocycles. The second-order valence-corrected chi connectivity index (χ2v) is 5.61. The van der Waals surface area contributed by atoms with Crippen molar-refractivity contribution in [3.63, 3.8) is 0 Å². The van der Waals surface area contributed by atoms with Crippen LogP contribution < -0.4 is 0 Å². The molecule has 1 aliphatic rings. The third kappa shape index (κ3) is 4.61. The normalized spacial score (nSPS) is 22.8. The molecule has 6 heteroatoms. The molecule has 1 amide bonds. The van der Waals surface area contributed by atoms with Crippen LogP contribution in [0, 0.1) is 5.92 Å². The molecule has 0 aliphatic carbocycles. The second kappa shape index (κ2) is 4.94. The van der Waals surface area contributed by atoms with Crippen LogP contribution in [0.15, 0.2) is 0 Å². The number of carbonyl (C=O) groups is 1.